The molecule has 10 heteroatoms. The van der Waals surface area contributed by atoms with E-state index in [1.165, 1.54) is 66.6 Å². The van der Waals surface area contributed by atoms with Crippen molar-refractivity contribution in [3.63, 3.8) is 0 Å². The first-order chi connectivity index (χ1) is 21.1. The Morgan fingerprint density at radius 2 is 0.977 bits per heavy atom. The molecular weight excluding hydrogens is 568 g/mol. The van der Waals surface area contributed by atoms with Crippen molar-refractivity contribution in [3.8, 4) is 45.6 Å². The third-order valence-electron chi connectivity index (χ3n) is 6.59. The van der Waals surface area contributed by atoms with Crippen molar-refractivity contribution in [1.82, 2.24) is 0 Å². The van der Waals surface area contributed by atoms with Gasteiger partial charge < -0.3 is 28.4 Å². The lowest BCUT2D eigenvalue weighted by atomic mass is 9.93. The number of hydrogen-bond acceptors (Lipinski definition) is 10. The average molecular weight is 599 g/mol. The smallest absolute Gasteiger partial charge is 0.308 e. The predicted octanol–water partition coefficient (Wildman–Crippen LogP) is 5.70. The van der Waals surface area contributed by atoms with Crippen molar-refractivity contribution in [2.75, 3.05) is 28.4 Å². The van der Waals surface area contributed by atoms with Crippen LogP contribution in [0, 0.1) is 0 Å². The van der Waals surface area contributed by atoms with Gasteiger partial charge in [0.05, 0.1) is 39.6 Å². The summed E-state index contributed by atoms with van der Waals surface area (Å²) in [6.07, 6.45) is 0. The first-order valence-electron chi connectivity index (χ1n) is 13.3. The van der Waals surface area contributed by atoms with Crippen LogP contribution in [0.2, 0.25) is 0 Å². The summed E-state index contributed by atoms with van der Waals surface area (Å²) in [5.74, 6) is -0.480. The molecule has 0 radical (unpaired) electrons. The molecule has 0 spiro atoms. The summed E-state index contributed by atoms with van der Waals surface area (Å²) in [5.41, 5.74) is 1.56. The fourth-order valence-electron chi connectivity index (χ4n) is 4.53. The van der Waals surface area contributed by atoms with Gasteiger partial charge in [-0.15, -0.1) is 0 Å². The van der Waals surface area contributed by atoms with Crippen molar-refractivity contribution < 1.29 is 47.6 Å². The van der Waals surface area contributed by atoms with E-state index < -0.39 is 23.5 Å². The third kappa shape index (κ3) is 6.70. The Morgan fingerprint density at radius 3 is 1.55 bits per heavy atom. The monoisotopic (exact) mass is 598 g/mol. The van der Waals surface area contributed by atoms with Crippen LogP contribution in [0.3, 0.4) is 0 Å². The quantitative estimate of drug-likeness (QED) is 0.121. The van der Waals surface area contributed by atoms with Gasteiger partial charge >= 0.3 is 11.9 Å². The zero-order valence-corrected chi connectivity index (χ0v) is 25.0. The highest BCUT2D eigenvalue weighted by atomic mass is 16.5. The van der Waals surface area contributed by atoms with Gasteiger partial charge in [-0.05, 0) is 60.7 Å². The number of esters is 2. The highest BCUT2D eigenvalue weighted by Gasteiger charge is 2.24. The Balaban J connectivity index is 1.89. The maximum Gasteiger partial charge on any atom is 0.308 e. The van der Waals surface area contributed by atoms with Gasteiger partial charge in [-0.1, -0.05) is 0 Å². The van der Waals surface area contributed by atoms with Gasteiger partial charge in [0.15, 0.2) is 11.6 Å². The maximum absolute atomic E-state index is 13.7. The van der Waals surface area contributed by atoms with Crippen LogP contribution in [0.1, 0.15) is 45.7 Å². The molecule has 44 heavy (non-hydrogen) atoms. The lowest BCUT2D eigenvalue weighted by Crippen LogP contribution is -2.10. The Hall–Kier alpha value is -5.64. The Bertz CT molecular complexity index is 1740. The van der Waals surface area contributed by atoms with Crippen molar-refractivity contribution in [2.45, 2.75) is 13.8 Å². The molecule has 4 aromatic carbocycles. The zero-order valence-electron chi connectivity index (χ0n) is 25.0. The van der Waals surface area contributed by atoms with Crippen molar-refractivity contribution in [2.24, 2.45) is 0 Å². The molecule has 0 N–H and O–H groups in total. The molecule has 0 bridgehead atoms. The molecule has 0 aromatic heterocycles. The minimum absolute atomic E-state index is 0.00521. The third-order valence-corrected chi connectivity index (χ3v) is 6.59. The number of benzene rings is 4. The van der Waals surface area contributed by atoms with Crippen LogP contribution < -0.4 is 28.4 Å². The van der Waals surface area contributed by atoms with Crippen molar-refractivity contribution in [1.29, 1.82) is 0 Å². The predicted molar refractivity (Wildman–Crippen MR) is 160 cm³/mol. The van der Waals surface area contributed by atoms with E-state index in [1.807, 2.05) is 0 Å². The highest BCUT2D eigenvalue weighted by molar-refractivity contribution is 6.13. The van der Waals surface area contributed by atoms with E-state index in [-0.39, 0.29) is 33.9 Å². The van der Waals surface area contributed by atoms with Crippen LogP contribution in [-0.2, 0) is 9.59 Å². The average Bonchev–Trinajstić information content (AvgIpc) is 3.03. The highest BCUT2D eigenvalue weighted by Crippen LogP contribution is 2.42. The molecule has 0 unspecified atom stereocenters. The minimum Gasteiger partial charge on any atom is -0.497 e. The molecule has 0 saturated carbocycles. The standard InChI is InChI=1S/C34H30O10/c1-19(35)43-31-16-24(40-4)12-13-25(31)34(38)22-9-14-29(41-5)26(15-22)27-17-28(32(44-20(2)36)18-30(27)42-6)33(37)21-7-10-23(39-3)11-8-21/h7-18H,1-6H3. The lowest BCUT2D eigenvalue weighted by molar-refractivity contribution is -0.132. The number of carbonyl (C=O) groups is 4. The molecule has 4 rings (SSSR count). The second-order valence-electron chi connectivity index (χ2n) is 9.40. The number of rotatable bonds is 11. The topological polar surface area (TPSA) is 124 Å². The van der Waals surface area contributed by atoms with Crippen molar-refractivity contribution in [3.05, 3.63) is 95.1 Å². The molecule has 0 aliphatic heterocycles. The van der Waals surface area contributed by atoms with Crippen LogP contribution in [0.15, 0.2) is 72.8 Å². The molecule has 0 amide bonds. The zero-order chi connectivity index (χ0) is 32.0. The lowest BCUT2D eigenvalue weighted by Gasteiger charge is -2.18. The fraction of sp³-hybridized carbons (Fsp3) is 0.176. The summed E-state index contributed by atoms with van der Waals surface area (Å²) in [7, 11) is 5.86. The number of carbonyl (C=O) groups excluding carboxylic acids is 4. The van der Waals surface area contributed by atoms with Crippen LogP contribution >= 0.6 is 0 Å². The SMILES string of the molecule is COc1ccc(C(=O)c2cc(-c3cc(C(=O)c4ccc(OC)cc4OC(C)=O)ccc3OC)c(OC)cc2OC(C)=O)cc1. The summed E-state index contributed by atoms with van der Waals surface area (Å²) in [6.45, 7) is 2.46. The number of hydrogen-bond donors (Lipinski definition) is 0. The van der Waals surface area contributed by atoms with Crippen molar-refractivity contribution >= 4 is 23.5 Å². The molecule has 0 heterocycles. The Kier molecular flexibility index (Phi) is 9.64. The van der Waals surface area contributed by atoms with E-state index in [1.54, 1.807) is 48.5 Å². The largest absolute Gasteiger partial charge is 0.497 e. The number of methoxy groups -OCH3 is 4. The Labute approximate surface area is 254 Å². The minimum atomic E-state index is -0.628. The summed E-state index contributed by atoms with van der Waals surface area (Å²) >= 11 is 0. The van der Waals surface area contributed by atoms with Crippen LogP contribution in [-0.4, -0.2) is 51.9 Å². The van der Waals surface area contributed by atoms with E-state index in [0.717, 1.165) is 0 Å². The van der Waals surface area contributed by atoms with E-state index >= 15 is 0 Å². The molecule has 0 atom stereocenters. The van der Waals surface area contributed by atoms with Gasteiger partial charge in [0.25, 0.3) is 0 Å². The second kappa shape index (κ2) is 13.6. The molecule has 0 aliphatic carbocycles. The van der Waals surface area contributed by atoms with Crippen LogP contribution in [0.4, 0.5) is 0 Å². The molecule has 0 aliphatic rings. The van der Waals surface area contributed by atoms with Gasteiger partial charge in [-0.25, -0.2) is 0 Å². The van der Waals surface area contributed by atoms with Gasteiger partial charge in [0.1, 0.15) is 34.5 Å². The maximum atomic E-state index is 13.7. The number of ether oxygens (including phenoxy) is 6. The first kappa shape index (κ1) is 31.3. The molecule has 226 valence electrons. The summed E-state index contributed by atoms with van der Waals surface area (Å²) in [6, 6.07) is 18.7. The van der Waals surface area contributed by atoms with Crippen LogP contribution in [0.25, 0.3) is 11.1 Å². The normalized spacial score (nSPS) is 10.4. The first-order valence-corrected chi connectivity index (χ1v) is 13.3. The molecule has 0 fully saturated rings. The summed E-state index contributed by atoms with van der Waals surface area (Å²) in [4.78, 5) is 51.2. The second-order valence-corrected chi connectivity index (χ2v) is 9.40. The van der Waals surface area contributed by atoms with E-state index in [2.05, 4.69) is 0 Å². The fourth-order valence-corrected chi connectivity index (χ4v) is 4.53. The van der Waals surface area contributed by atoms with Gasteiger partial charge in [-0.2, -0.15) is 0 Å². The van der Waals surface area contributed by atoms with Crippen LogP contribution in [0.5, 0.6) is 34.5 Å². The molecule has 0 saturated heterocycles. The van der Waals surface area contributed by atoms with E-state index in [0.29, 0.717) is 33.9 Å². The van der Waals surface area contributed by atoms with E-state index in [9.17, 15) is 19.2 Å². The van der Waals surface area contributed by atoms with E-state index in [4.69, 9.17) is 28.4 Å². The Morgan fingerprint density at radius 1 is 0.455 bits per heavy atom. The summed E-state index contributed by atoms with van der Waals surface area (Å²) in [5, 5.41) is 0. The van der Waals surface area contributed by atoms with Gasteiger partial charge in [0.2, 0.25) is 0 Å². The number of ketones is 2. The van der Waals surface area contributed by atoms with Gasteiger partial charge in [0, 0.05) is 48.2 Å². The van der Waals surface area contributed by atoms with Gasteiger partial charge in [-0.3, -0.25) is 19.2 Å². The molecular formula is C34H30O10. The molecule has 10 nitrogen and oxygen atoms in total. The summed E-state index contributed by atoms with van der Waals surface area (Å²) < 4.78 is 32.4. The molecule has 4 aromatic rings.